The van der Waals surface area contributed by atoms with E-state index in [4.69, 9.17) is 4.74 Å². The molecule has 0 saturated heterocycles. The van der Waals surface area contributed by atoms with Crippen LogP contribution in [0.4, 0.5) is 0 Å². The minimum atomic E-state index is -0.0605. The Hall–Kier alpha value is -0.0800. The molecule has 0 aliphatic heterocycles. The summed E-state index contributed by atoms with van der Waals surface area (Å²) in [5.41, 5.74) is -0.0605. The molecule has 0 aromatic rings. The quantitative estimate of drug-likeness (QED) is 0.778. The smallest absolute Gasteiger partial charge is 0.0777 e. The van der Waals surface area contributed by atoms with Gasteiger partial charge in [-0.05, 0) is 45.6 Å². The van der Waals surface area contributed by atoms with Crippen molar-refractivity contribution in [2.75, 3.05) is 14.2 Å². The summed E-state index contributed by atoms with van der Waals surface area (Å²) in [6.45, 7) is 6.72. The van der Waals surface area contributed by atoms with Crippen molar-refractivity contribution < 1.29 is 4.74 Å². The molecule has 3 unspecified atom stereocenters. The first-order valence-electron chi connectivity index (χ1n) is 6.77. The number of hydrogen-bond donors (Lipinski definition) is 1. The van der Waals surface area contributed by atoms with Crippen LogP contribution in [0, 0.1) is 11.8 Å². The van der Waals surface area contributed by atoms with Gasteiger partial charge in [-0.25, -0.2) is 0 Å². The van der Waals surface area contributed by atoms with Crippen LogP contribution in [0.25, 0.3) is 0 Å². The number of ether oxygens (including phenoxy) is 1. The zero-order valence-electron chi connectivity index (χ0n) is 11.7. The highest BCUT2D eigenvalue weighted by Crippen LogP contribution is 2.36. The van der Waals surface area contributed by atoms with Gasteiger partial charge in [0.05, 0.1) is 5.60 Å². The number of hydrogen-bond acceptors (Lipinski definition) is 2. The highest BCUT2D eigenvalue weighted by molar-refractivity contribution is 4.92. The molecule has 3 atom stereocenters. The maximum Gasteiger partial charge on any atom is 0.0777 e. The first-order valence-corrected chi connectivity index (χ1v) is 6.77. The molecule has 96 valence electrons. The zero-order chi connectivity index (χ0) is 12.2. The molecule has 1 aliphatic carbocycles. The van der Waals surface area contributed by atoms with E-state index in [-0.39, 0.29) is 5.60 Å². The van der Waals surface area contributed by atoms with E-state index in [1.165, 1.54) is 32.1 Å². The summed E-state index contributed by atoms with van der Waals surface area (Å²) in [6, 6.07) is 0.479. The fourth-order valence-corrected chi connectivity index (χ4v) is 3.28. The summed E-state index contributed by atoms with van der Waals surface area (Å²) in [5, 5.41) is 3.48. The molecule has 16 heavy (non-hydrogen) atoms. The van der Waals surface area contributed by atoms with E-state index >= 15 is 0 Å². The van der Waals surface area contributed by atoms with Crippen LogP contribution in [0.15, 0.2) is 0 Å². The lowest BCUT2D eigenvalue weighted by molar-refractivity contribution is -0.0340. The predicted molar refractivity (Wildman–Crippen MR) is 69.7 cm³/mol. The van der Waals surface area contributed by atoms with Crippen molar-refractivity contribution in [3.8, 4) is 0 Å². The molecule has 1 saturated carbocycles. The fourth-order valence-electron chi connectivity index (χ4n) is 3.28. The van der Waals surface area contributed by atoms with Crippen LogP contribution in [0.2, 0.25) is 0 Å². The number of nitrogens with one attached hydrogen (secondary N) is 1. The standard InChI is InChI=1S/C14H29NO/c1-6-11-8-7-9-12(10-11)13(15-4)14(2,3)16-5/h11-13,15H,6-10H2,1-5H3. The molecule has 2 nitrogen and oxygen atoms in total. The molecule has 0 spiro atoms. The van der Waals surface area contributed by atoms with Gasteiger partial charge in [0.1, 0.15) is 0 Å². The molecule has 1 rings (SSSR count). The Morgan fingerprint density at radius 2 is 2.06 bits per heavy atom. The SMILES string of the molecule is CCC1CCCC(C(NC)C(C)(C)OC)C1. The van der Waals surface area contributed by atoms with Crippen LogP contribution in [0.1, 0.15) is 52.9 Å². The first kappa shape index (κ1) is 14.0. The van der Waals surface area contributed by atoms with E-state index < -0.39 is 0 Å². The van der Waals surface area contributed by atoms with Crippen molar-refractivity contribution in [1.29, 1.82) is 0 Å². The Kier molecular flexibility index (Phi) is 5.26. The van der Waals surface area contributed by atoms with Gasteiger partial charge in [-0.2, -0.15) is 0 Å². The number of methoxy groups -OCH3 is 1. The Morgan fingerprint density at radius 3 is 2.56 bits per heavy atom. The van der Waals surface area contributed by atoms with Crippen LogP contribution >= 0.6 is 0 Å². The second-order valence-electron chi connectivity index (χ2n) is 5.77. The lowest BCUT2D eigenvalue weighted by atomic mass is 9.73. The fraction of sp³-hybridized carbons (Fsp3) is 1.00. The van der Waals surface area contributed by atoms with Gasteiger partial charge in [0.2, 0.25) is 0 Å². The van der Waals surface area contributed by atoms with E-state index in [9.17, 15) is 0 Å². The minimum Gasteiger partial charge on any atom is -0.377 e. The monoisotopic (exact) mass is 227 g/mol. The predicted octanol–water partition coefficient (Wildman–Crippen LogP) is 3.22. The number of rotatable bonds is 5. The highest BCUT2D eigenvalue weighted by atomic mass is 16.5. The molecular formula is C14H29NO. The van der Waals surface area contributed by atoms with Gasteiger partial charge in [0.25, 0.3) is 0 Å². The van der Waals surface area contributed by atoms with Crippen LogP contribution in [-0.4, -0.2) is 25.8 Å². The van der Waals surface area contributed by atoms with Crippen molar-refractivity contribution in [2.24, 2.45) is 11.8 Å². The van der Waals surface area contributed by atoms with Gasteiger partial charge < -0.3 is 10.1 Å². The second kappa shape index (κ2) is 6.02. The second-order valence-corrected chi connectivity index (χ2v) is 5.77. The molecule has 0 aromatic heterocycles. The van der Waals surface area contributed by atoms with Gasteiger partial charge in [-0.15, -0.1) is 0 Å². The van der Waals surface area contributed by atoms with Gasteiger partial charge in [0, 0.05) is 13.2 Å². The first-order chi connectivity index (χ1) is 7.55. The van der Waals surface area contributed by atoms with Crippen molar-refractivity contribution in [1.82, 2.24) is 5.32 Å². The molecule has 0 bridgehead atoms. The summed E-state index contributed by atoms with van der Waals surface area (Å²) < 4.78 is 5.65. The van der Waals surface area contributed by atoms with Crippen LogP contribution in [-0.2, 0) is 4.74 Å². The van der Waals surface area contributed by atoms with E-state index in [1.807, 2.05) is 7.11 Å². The van der Waals surface area contributed by atoms with Crippen molar-refractivity contribution in [3.63, 3.8) is 0 Å². The highest BCUT2D eigenvalue weighted by Gasteiger charge is 2.36. The molecule has 1 fully saturated rings. The Bertz CT molecular complexity index is 203. The average Bonchev–Trinajstić information content (AvgIpc) is 2.30. The van der Waals surface area contributed by atoms with Gasteiger partial charge in [-0.1, -0.05) is 26.2 Å². The maximum absolute atomic E-state index is 5.65. The summed E-state index contributed by atoms with van der Waals surface area (Å²) in [6.07, 6.45) is 6.88. The zero-order valence-corrected chi connectivity index (χ0v) is 11.7. The van der Waals surface area contributed by atoms with Crippen LogP contribution in [0.5, 0.6) is 0 Å². The molecular weight excluding hydrogens is 198 g/mol. The molecule has 0 amide bonds. The van der Waals surface area contributed by atoms with Gasteiger partial charge in [-0.3, -0.25) is 0 Å². The largest absolute Gasteiger partial charge is 0.377 e. The molecule has 2 heteroatoms. The van der Waals surface area contributed by atoms with E-state index in [1.54, 1.807) is 0 Å². The Balaban J connectivity index is 2.65. The van der Waals surface area contributed by atoms with Crippen molar-refractivity contribution in [2.45, 2.75) is 64.5 Å². The lowest BCUT2D eigenvalue weighted by Gasteiger charge is -2.42. The summed E-state index contributed by atoms with van der Waals surface area (Å²) in [5.74, 6) is 1.71. The third-order valence-corrected chi connectivity index (χ3v) is 4.46. The molecule has 0 heterocycles. The maximum atomic E-state index is 5.65. The van der Waals surface area contributed by atoms with Crippen molar-refractivity contribution in [3.05, 3.63) is 0 Å². The third kappa shape index (κ3) is 3.21. The van der Waals surface area contributed by atoms with Crippen molar-refractivity contribution >= 4 is 0 Å². The summed E-state index contributed by atoms with van der Waals surface area (Å²) in [7, 11) is 3.89. The van der Waals surface area contributed by atoms with Gasteiger partial charge in [0.15, 0.2) is 0 Å². The normalized spacial score (nSPS) is 29.1. The molecule has 1 N–H and O–H groups in total. The number of likely N-dealkylation sites (N-methyl/N-ethyl adjacent to an activating group) is 1. The van der Waals surface area contributed by atoms with E-state index in [2.05, 4.69) is 33.1 Å². The van der Waals surface area contributed by atoms with E-state index in [0.29, 0.717) is 6.04 Å². The summed E-state index contributed by atoms with van der Waals surface area (Å²) >= 11 is 0. The molecule has 1 aliphatic rings. The van der Waals surface area contributed by atoms with E-state index in [0.717, 1.165) is 11.8 Å². The molecule has 0 aromatic carbocycles. The Labute approximate surface area is 101 Å². The minimum absolute atomic E-state index is 0.0605. The topological polar surface area (TPSA) is 21.3 Å². The molecule has 0 radical (unpaired) electrons. The van der Waals surface area contributed by atoms with Gasteiger partial charge >= 0.3 is 0 Å². The van der Waals surface area contributed by atoms with Crippen LogP contribution < -0.4 is 5.32 Å². The average molecular weight is 227 g/mol. The Morgan fingerprint density at radius 1 is 1.38 bits per heavy atom. The van der Waals surface area contributed by atoms with Crippen LogP contribution in [0.3, 0.4) is 0 Å². The summed E-state index contributed by atoms with van der Waals surface area (Å²) in [4.78, 5) is 0. The third-order valence-electron chi connectivity index (χ3n) is 4.46. The lowest BCUT2D eigenvalue weighted by Crippen LogP contribution is -2.52.